The molecule has 0 spiro atoms. The Hall–Kier alpha value is -3.47. The highest BCUT2D eigenvalue weighted by Crippen LogP contribution is 2.30. The lowest BCUT2D eigenvalue weighted by atomic mass is 10.2. The van der Waals surface area contributed by atoms with Crippen LogP contribution in [0.3, 0.4) is 0 Å². The van der Waals surface area contributed by atoms with Crippen LogP contribution in [0.5, 0.6) is 0 Å². The van der Waals surface area contributed by atoms with Gasteiger partial charge in [0.05, 0.1) is 21.3 Å². The number of sulfonamides is 1. The summed E-state index contributed by atoms with van der Waals surface area (Å²) in [5.74, 6) is -0.906. The topological polar surface area (TPSA) is 82.9 Å². The van der Waals surface area contributed by atoms with Crippen molar-refractivity contribution in [3.8, 4) is 0 Å². The van der Waals surface area contributed by atoms with E-state index in [0.29, 0.717) is 10.2 Å². The number of halogens is 1. The number of anilines is 1. The molecule has 7 nitrogen and oxygen atoms in total. The largest absolute Gasteiger partial charge is 0.280 e. The number of carbonyl (C=O) groups is 1. The third kappa shape index (κ3) is 4.82. The molecule has 1 amide bonds. The van der Waals surface area contributed by atoms with Crippen molar-refractivity contribution in [1.82, 2.24) is 9.29 Å². The number of amides is 1. The van der Waals surface area contributed by atoms with Gasteiger partial charge < -0.3 is 0 Å². The highest BCUT2D eigenvalue weighted by molar-refractivity contribution is 7.89. The van der Waals surface area contributed by atoms with Crippen molar-refractivity contribution in [1.29, 1.82) is 0 Å². The minimum absolute atomic E-state index is 0.0684. The summed E-state index contributed by atoms with van der Waals surface area (Å²) in [6, 6.07) is 19.0. The van der Waals surface area contributed by atoms with E-state index in [9.17, 15) is 17.6 Å². The van der Waals surface area contributed by atoms with Crippen LogP contribution in [0.25, 0.3) is 10.2 Å². The van der Waals surface area contributed by atoms with E-state index in [1.165, 1.54) is 62.8 Å². The highest BCUT2D eigenvalue weighted by atomic mass is 32.2. The standard InChI is InChI=1S/C23H19FN4O3S2/c1-27(2)33(30,31)19-11-8-17(9-12-19)22(29)28(25-15-16-6-4-3-5-7-16)23-26-20-13-10-18(24)14-21(20)32-23/h3-15H,1-2H3/b25-15+. The lowest BCUT2D eigenvalue weighted by Crippen LogP contribution is -2.26. The third-order valence-corrected chi connectivity index (χ3v) is 7.54. The van der Waals surface area contributed by atoms with Crippen LogP contribution < -0.4 is 5.01 Å². The first kappa shape index (κ1) is 22.7. The van der Waals surface area contributed by atoms with Crippen molar-refractivity contribution in [3.05, 3.63) is 89.7 Å². The fourth-order valence-electron chi connectivity index (χ4n) is 2.93. The zero-order chi connectivity index (χ0) is 23.6. The molecule has 0 atom stereocenters. The van der Waals surface area contributed by atoms with Gasteiger partial charge in [-0.25, -0.2) is 22.1 Å². The summed E-state index contributed by atoms with van der Waals surface area (Å²) in [5.41, 5.74) is 1.54. The van der Waals surface area contributed by atoms with Crippen molar-refractivity contribution in [2.24, 2.45) is 5.10 Å². The van der Waals surface area contributed by atoms with Gasteiger partial charge in [0, 0.05) is 19.7 Å². The van der Waals surface area contributed by atoms with Crippen LogP contribution in [0.2, 0.25) is 0 Å². The zero-order valence-electron chi connectivity index (χ0n) is 17.7. The van der Waals surface area contributed by atoms with Crippen molar-refractivity contribution in [2.45, 2.75) is 4.90 Å². The van der Waals surface area contributed by atoms with Crippen LogP contribution in [0.15, 0.2) is 82.8 Å². The maximum Gasteiger partial charge on any atom is 0.280 e. The molecule has 3 aromatic carbocycles. The van der Waals surface area contributed by atoms with Gasteiger partial charge in [-0.1, -0.05) is 41.7 Å². The Kier molecular flexibility index (Phi) is 6.32. The van der Waals surface area contributed by atoms with E-state index in [1.807, 2.05) is 30.3 Å². The second-order valence-corrected chi connectivity index (χ2v) is 10.4. The van der Waals surface area contributed by atoms with Gasteiger partial charge in [0.2, 0.25) is 15.2 Å². The molecule has 0 bridgehead atoms. The number of fused-ring (bicyclic) bond motifs is 1. The molecule has 0 saturated carbocycles. The fourth-order valence-corrected chi connectivity index (χ4v) is 4.78. The number of carbonyl (C=O) groups excluding carboxylic acids is 1. The summed E-state index contributed by atoms with van der Waals surface area (Å²) in [4.78, 5) is 17.9. The van der Waals surface area contributed by atoms with E-state index in [1.54, 1.807) is 0 Å². The Balaban J connectivity index is 1.73. The van der Waals surface area contributed by atoms with Gasteiger partial charge >= 0.3 is 0 Å². The van der Waals surface area contributed by atoms with Gasteiger partial charge in [-0.2, -0.15) is 10.1 Å². The minimum Gasteiger partial charge on any atom is -0.267 e. The maximum atomic E-state index is 13.6. The molecule has 0 aliphatic heterocycles. The Bertz CT molecular complexity index is 1430. The first-order chi connectivity index (χ1) is 15.8. The number of benzene rings is 3. The SMILES string of the molecule is CN(C)S(=O)(=O)c1ccc(C(=O)N(/N=C/c2ccccc2)c2nc3ccc(F)cc3s2)cc1. The number of nitrogens with zero attached hydrogens (tertiary/aromatic N) is 4. The van der Waals surface area contributed by atoms with Crippen molar-refractivity contribution in [3.63, 3.8) is 0 Å². The maximum absolute atomic E-state index is 13.6. The second-order valence-electron chi connectivity index (χ2n) is 7.19. The van der Waals surface area contributed by atoms with Crippen LogP contribution in [-0.2, 0) is 10.0 Å². The molecule has 0 saturated heterocycles. The van der Waals surface area contributed by atoms with Crippen LogP contribution in [0.4, 0.5) is 9.52 Å². The van der Waals surface area contributed by atoms with Gasteiger partial charge in [0.25, 0.3) is 5.91 Å². The average Bonchev–Trinajstić information content (AvgIpc) is 3.22. The summed E-state index contributed by atoms with van der Waals surface area (Å²) in [6.07, 6.45) is 1.52. The summed E-state index contributed by atoms with van der Waals surface area (Å²) >= 11 is 1.13. The Morgan fingerprint density at radius 2 is 1.73 bits per heavy atom. The second kappa shape index (κ2) is 9.18. The zero-order valence-corrected chi connectivity index (χ0v) is 19.3. The number of thiazole rings is 1. The molecule has 168 valence electrons. The molecule has 1 aromatic heterocycles. The smallest absolute Gasteiger partial charge is 0.267 e. The summed E-state index contributed by atoms with van der Waals surface area (Å²) in [5, 5.41) is 5.74. The van der Waals surface area contributed by atoms with Gasteiger partial charge in [-0.15, -0.1) is 0 Å². The average molecular weight is 483 g/mol. The Labute approximate surface area is 194 Å². The molecule has 4 rings (SSSR count). The van der Waals surface area contributed by atoms with E-state index in [2.05, 4.69) is 10.1 Å². The Morgan fingerprint density at radius 1 is 1.03 bits per heavy atom. The van der Waals surface area contributed by atoms with Gasteiger partial charge in [-0.3, -0.25) is 4.79 Å². The van der Waals surface area contributed by atoms with Gasteiger partial charge in [-0.05, 0) is 48.0 Å². The molecular formula is C23H19FN4O3S2. The molecule has 0 N–H and O–H groups in total. The number of hydrazone groups is 1. The fraction of sp³-hybridized carbons (Fsp3) is 0.0870. The van der Waals surface area contributed by atoms with E-state index in [0.717, 1.165) is 26.2 Å². The number of aromatic nitrogens is 1. The molecular weight excluding hydrogens is 463 g/mol. The van der Waals surface area contributed by atoms with Gasteiger partial charge in [0.15, 0.2) is 0 Å². The van der Waals surface area contributed by atoms with E-state index in [4.69, 9.17) is 0 Å². The highest BCUT2D eigenvalue weighted by Gasteiger charge is 2.23. The van der Waals surface area contributed by atoms with Crippen LogP contribution in [0, 0.1) is 5.82 Å². The molecule has 0 aliphatic carbocycles. The molecule has 10 heteroatoms. The van der Waals surface area contributed by atoms with E-state index >= 15 is 0 Å². The first-order valence-electron chi connectivity index (χ1n) is 9.78. The quantitative estimate of drug-likeness (QED) is 0.302. The molecule has 1 heterocycles. The molecule has 33 heavy (non-hydrogen) atoms. The number of hydrogen-bond donors (Lipinski definition) is 0. The lowest BCUT2D eigenvalue weighted by molar-refractivity contribution is 0.0987. The first-order valence-corrected chi connectivity index (χ1v) is 12.0. The van der Waals surface area contributed by atoms with Crippen LogP contribution in [0.1, 0.15) is 15.9 Å². The molecule has 0 unspecified atom stereocenters. The van der Waals surface area contributed by atoms with Crippen LogP contribution >= 0.6 is 11.3 Å². The summed E-state index contributed by atoms with van der Waals surface area (Å²) < 4.78 is 40.0. The summed E-state index contributed by atoms with van der Waals surface area (Å²) in [7, 11) is -0.757. The monoisotopic (exact) mass is 482 g/mol. The normalized spacial score (nSPS) is 12.0. The predicted molar refractivity (Wildman–Crippen MR) is 128 cm³/mol. The molecule has 0 radical (unpaired) electrons. The van der Waals surface area contributed by atoms with Crippen molar-refractivity contribution < 1.29 is 17.6 Å². The molecule has 4 aromatic rings. The molecule has 0 aliphatic rings. The predicted octanol–water partition coefficient (Wildman–Crippen LogP) is 4.37. The third-order valence-electron chi connectivity index (χ3n) is 4.71. The van der Waals surface area contributed by atoms with E-state index in [-0.39, 0.29) is 15.6 Å². The number of hydrogen-bond acceptors (Lipinski definition) is 6. The van der Waals surface area contributed by atoms with Crippen molar-refractivity contribution in [2.75, 3.05) is 19.1 Å². The minimum atomic E-state index is -3.63. The number of rotatable bonds is 6. The van der Waals surface area contributed by atoms with Gasteiger partial charge in [0.1, 0.15) is 5.82 Å². The lowest BCUT2D eigenvalue weighted by Gasteiger charge is -2.15. The van der Waals surface area contributed by atoms with E-state index < -0.39 is 21.7 Å². The van der Waals surface area contributed by atoms with Crippen molar-refractivity contribution >= 4 is 48.8 Å². The van der Waals surface area contributed by atoms with Crippen LogP contribution in [-0.4, -0.2) is 43.9 Å². The summed E-state index contributed by atoms with van der Waals surface area (Å²) in [6.45, 7) is 0. The molecule has 0 fully saturated rings. The Morgan fingerprint density at radius 3 is 2.39 bits per heavy atom.